The lowest BCUT2D eigenvalue weighted by molar-refractivity contribution is -0.123. The van der Waals surface area contributed by atoms with Gasteiger partial charge in [0.2, 0.25) is 17.1 Å². The number of nitrogens with one attached hydrogen (secondary N) is 2. The van der Waals surface area contributed by atoms with Gasteiger partial charge in [-0.2, -0.15) is 0 Å². The van der Waals surface area contributed by atoms with E-state index in [2.05, 4.69) is 10.3 Å². The number of aromatic nitrogens is 1. The molecule has 2 aromatic heterocycles. The van der Waals surface area contributed by atoms with Gasteiger partial charge in [0.15, 0.2) is 5.76 Å². The van der Waals surface area contributed by atoms with Crippen molar-refractivity contribution in [1.29, 1.82) is 0 Å². The van der Waals surface area contributed by atoms with Gasteiger partial charge in [-0.1, -0.05) is 12.1 Å². The highest BCUT2D eigenvalue weighted by Gasteiger charge is 2.41. The number of fused-ring (bicyclic) bond motifs is 1. The van der Waals surface area contributed by atoms with Crippen LogP contribution in [-0.2, 0) is 21.5 Å². The van der Waals surface area contributed by atoms with Crippen LogP contribution >= 0.6 is 0 Å². The van der Waals surface area contributed by atoms with E-state index in [9.17, 15) is 14.7 Å². The lowest BCUT2D eigenvalue weighted by Crippen LogP contribution is -2.40. The molecule has 0 spiro atoms. The molecule has 3 N–H and O–H groups in total. The Balaban J connectivity index is 1.56. The minimum Gasteiger partial charge on any atom is -0.502 e. The van der Waals surface area contributed by atoms with Crippen molar-refractivity contribution in [3.8, 4) is 5.75 Å². The Morgan fingerprint density at radius 1 is 1.28 bits per heavy atom. The van der Waals surface area contributed by atoms with Gasteiger partial charge in [-0.05, 0) is 37.5 Å². The molecule has 7 nitrogen and oxygen atoms in total. The number of amides is 1. The van der Waals surface area contributed by atoms with Gasteiger partial charge < -0.3 is 24.6 Å². The minimum absolute atomic E-state index is 0.111. The standard InChI is InChI=1S/C22H24N2O5/c1-14-11-18(25)20(27)21(29-14)22(6-9-28-10-7-22)12-19(26)24-13-15-3-2-4-17-16(15)5-8-23-17/h2-5,8,11,23,27H,6-7,9-10,12-13H2,1H3,(H,24,26). The molecule has 0 saturated carbocycles. The van der Waals surface area contributed by atoms with Crippen LogP contribution in [-0.4, -0.2) is 29.2 Å². The monoisotopic (exact) mass is 396 g/mol. The highest BCUT2D eigenvalue weighted by molar-refractivity contribution is 5.84. The van der Waals surface area contributed by atoms with Crippen LogP contribution in [0.4, 0.5) is 0 Å². The fraction of sp³-hybridized carbons (Fsp3) is 0.364. The summed E-state index contributed by atoms with van der Waals surface area (Å²) in [5.74, 6) is 0.0206. The lowest BCUT2D eigenvalue weighted by atomic mass is 9.74. The number of rotatable bonds is 5. The maximum Gasteiger partial charge on any atom is 0.227 e. The summed E-state index contributed by atoms with van der Waals surface area (Å²) in [6.07, 6.45) is 2.97. The number of aryl methyl sites for hydroxylation is 1. The van der Waals surface area contributed by atoms with E-state index in [1.807, 2.05) is 30.5 Å². The predicted octanol–water partition coefficient (Wildman–Crippen LogP) is 2.89. The third-order valence-electron chi connectivity index (χ3n) is 5.64. The van der Waals surface area contributed by atoms with Gasteiger partial charge in [-0.3, -0.25) is 9.59 Å². The first-order valence-corrected chi connectivity index (χ1v) is 9.72. The van der Waals surface area contributed by atoms with Crippen LogP contribution < -0.4 is 10.7 Å². The van der Waals surface area contributed by atoms with E-state index >= 15 is 0 Å². The first kappa shape index (κ1) is 19.3. The SMILES string of the molecule is Cc1cc(=O)c(O)c(C2(CC(=O)NCc3cccc4[nH]ccc34)CCOCC2)o1. The number of aromatic amines is 1. The van der Waals surface area contributed by atoms with Gasteiger partial charge in [0.25, 0.3) is 0 Å². The van der Waals surface area contributed by atoms with Crippen molar-refractivity contribution in [3.63, 3.8) is 0 Å². The maximum absolute atomic E-state index is 12.9. The van der Waals surface area contributed by atoms with E-state index in [0.29, 0.717) is 38.4 Å². The first-order valence-electron chi connectivity index (χ1n) is 9.72. The number of hydrogen-bond donors (Lipinski definition) is 3. The summed E-state index contributed by atoms with van der Waals surface area (Å²) in [4.78, 5) is 28.1. The minimum atomic E-state index is -0.766. The molecule has 1 fully saturated rings. The topological polar surface area (TPSA) is 105 Å². The second kappa shape index (κ2) is 7.75. The van der Waals surface area contributed by atoms with Crippen LogP contribution in [0.25, 0.3) is 10.9 Å². The van der Waals surface area contributed by atoms with Crippen molar-refractivity contribution in [2.45, 2.75) is 38.1 Å². The molecule has 7 heteroatoms. The Hall–Kier alpha value is -3.06. The van der Waals surface area contributed by atoms with Crippen molar-refractivity contribution < 1.29 is 19.1 Å². The van der Waals surface area contributed by atoms with E-state index in [0.717, 1.165) is 16.5 Å². The number of carbonyl (C=O) groups is 1. The van der Waals surface area contributed by atoms with Gasteiger partial charge in [0.05, 0.1) is 0 Å². The first-order chi connectivity index (χ1) is 14.0. The molecule has 1 aromatic carbocycles. The molecular weight excluding hydrogens is 372 g/mol. The largest absolute Gasteiger partial charge is 0.502 e. The number of H-pyrrole nitrogens is 1. The second-order valence-electron chi connectivity index (χ2n) is 7.60. The summed E-state index contributed by atoms with van der Waals surface area (Å²) in [6, 6.07) is 9.14. The number of carbonyl (C=O) groups excluding carboxylic acids is 1. The Kier molecular flexibility index (Phi) is 5.15. The molecule has 0 unspecified atom stereocenters. The van der Waals surface area contributed by atoms with Crippen LogP contribution in [0, 0.1) is 6.92 Å². The fourth-order valence-electron chi connectivity index (χ4n) is 4.08. The maximum atomic E-state index is 12.9. The highest BCUT2D eigenvalue weighted by atomic mass is 16.5. The van der Waals surface area contributed by atoms with E-state index in [1.54, 1.807) is 6.92 Å². The van der Waals surface area contributed by atoms with Gasteiger partial charge >= 0.3 is 0 Å². The predicted molar refractivity (Wildman–Crippen MR) is 108 cm³/mol. The molecule has 0 radical (unpaired) electrons. The van der Waals surface area contributed by atoms with E-state index in [4.69, 9.17) is 9.15 Å². The molecule has 1 amide bonds. The summed E-state index contributed by atoms with van der Waals surface area (Å²) in [6.45, 7) is 2.93. The van der Waals surface area contributed by atoms with Gasteiger partial charge in [-0.25, -0.2) is 0 Å². The van der Waals surface area contributed by atoms with E-state index < -0.39 is 16.6 Å². The average Bonchev–Trinajstić information content (AvgIpc) is 3.19. The highest BCUT2D eigenvalue weighted by Crippen LogP contribution is 2.41. The average molecular weight is 396 g/mol. The van der Waals surface area contributed by atoms with Crippen molar-refractivity contribution in [2.24, 2.45) is 0 Å². The molecule has 152 valence electrons. The molecule has 1 aliphatic rings. The zero-order chi connectivity index (χ0) is 20.4. The van der Waals surface area contributed by atoms with Crippen molar-refractivity contribution in [1.82, 2.24) is 10.3 Å². The Morgan fingerprint density at radius 2 is 2.07 bits per heavy atom. The molecule has 0 bridgehead atoms. The molecule has 3 heterocycles. The van der Waals surface area contributed by atoms with Gasteiger partial charge in [0, 0.05) is 54.8 Å². The summed E-state index contributed by atoms with van der Waals surface area (Å²) in [5.41, 5.74) is 0.777. The Bertz CT molecular complexity index is 1090. The number of ether oxygens (including phenoxy) is 1. The van der Waals surface area contributed by atoms with Crippen molar-refractivity contribution in [3.05, 3.63) is 63.8 Å². The third-order valence-corrected chi connectivity index (χ3v) is 5.64. The lowest BCUT2D eigenvalue weighted by Gasteiger charge is -2.35. The molecular formula is C22H24N2O5. The van der Waals surface area contributed by atoms with E-state index in [-0.39, 0.29) is 18.1 Å². The summed E-state index contributed by atoms with van der Waals surface area (Å²) < 4.78 is 11.2. The summed E-state index contributed by atoms with van der Waals surface area (Å²) >= 11 is 0. The molecule has 1 saturated heterocycles. The molecule has 4 rings (SSSR count). The van der Waals surface area contributed by atoms with Gasteiger partial charge in [0.1, 0.15) is 5.76 Å². The second-order valence-corrected chi connectivity index (χ2v) is 7.60. The van der Waals surface area contributed by atoms with Crippen molar-refractivity contribution >= 4 is 16.8 Å². The summed E-state index contributed by atoms with van der Waals surface area (Å²) in [5, 5.41) is 14.4. The van der Waals surface area contributed by atoms with Crippen LogP contribution in [0.5, 0.6) is 5.75 Å². The van der Waals surface area contributed by atoms with Crippen LogP contribution in [0.1, 0.15) is 36.3 Å². The van der Waals surface area contributed by atoms with Crippen LogP contribution in [0.3, 0.4) is 0 Å². The van der Waals surface area contributed by atoms with Crippen molar-refractivity contribution in [2.75, 3.05) is 13.2 Å². The zero-order valence-corrected chi connectivity index (χ0v) is 16.3. The van der Waals surface area contributed by atoms with E-state index in [1.165, 1.54) is 6.07 Å². The Morgan fingerprint density at radius 3 is 2.86 bits per heavy atom. The fourth-order valence-corrected chi connectivity index (χ4v) is 4.08. The number of aromatic hydroxyl groups is 1. The zero-order valence-electron chi connectivity index (χ0n) is 16.3. The smallest absolute Gasteiger partial charge is 0.227 e. The molecule has 0 aliphatic carbocycles. The normalized spacial score (nSPS) is 16.0. The molecule has 3 aromatic rings. The Labute approximate surface area is 167 Å². The van der Waals surface area contributed by atoms with Gasteiger partial charge in [-0.15, -0.1) is 0 Å². The van der Waals surface area contributed by atoms with Crippen LogP contribution in [0.2, 0.25) is 0 Å². The number of benzene rings is 1. The van der Waals surface area contributed by atoms with Crippen LogP contribution in [0.15, 0.2) is 45.7 Å². The quantitative estimate of drug-likeness (QED) is 0.615. The molecule has 1 aliphatic heterocycles. The molecule has 0 atom stereocenters. The summed E-state index contributed by atoms with van der Waals surface area (Å²) in [7, 11) is 0. The molecule has 29 heavy (non-hydrogen) atoms. The third kappa shape index (κ3) is 3.78. The number of hydrogen-bond acceptors (Lipinski definition) is 5.